The van der Waals surface area contributed by atoms with Crippen LogP contribution in [0.2, 0.25) is 0 Å². The van der Waals surface area contributed by atoms with Crippen LogP contribution in [0.15, 0.2) is 65.6 Å². The lowest BCUT2D eigenvalue weighted by Crippen LogP contribution is -2.07. The van der Waals surface area contributed by atoms with E-state index < -0.39 is 5.97 Å². The third kappa shape index (κ3) is 4.85. The van der Waals surface area contributed by atoms with Crippen molar-refractivity contribution in [3.63, 3.8) is 0 Å². The predicted octanol–water partition coefficient (Wildman–Crippen LogP) is 3.04. The van der Waals surface area contributed by atoms with Gasteiger partial charge in [-0.05, 0) is 35.9 Å². The number of hydrogen-bond donors (Lipinski definition) is 2. The van der Waals surface area contributed by atoms with Crippen LogP contribution in [0.3, 0.4) is 0 Å². The van der Waals surface area contributed by atoms with Gasteiger partial charge in [0.1, 0.15) is 5.75 Å². The van der Waals surface area contributed by atoms with Crippen molar-refractivity contribution in [2.75, 3.05) is 0 Å². The molecule has 2 aromatic rings. The van der Waals surface area contributed by atoms with Gasteiger partial charge in [0, 0.05) is 5.56 Å². The van der Waals surface area contributed by atoms with Crippen LogP contribution in [-0.2, 0) is 11.3 Å². The Morgan fingerprint density at radius 1 is 1.17 bits per heavy atom. The van der Waals surface area contributed by atoms with Gasteiger partial charge in [-0.3, -0.25) is 0 Å². The Hall–Kier alpha value is -3.35. The average Bonchev–Trinajstić information content (AvgIpc) is 2.56. The van der Waals surface area contributed by atoms with Crippen molar-refractivity contribution < 1.29 is 24.7 Å². The summed E-state index contributed by atoms with van der Waals surface area (Å²) in [6.45, 7) is -0.123. The van der Waals surface area contributed by atoms with Gasteiger partial charge in [0.25, 0.3) is 0 Å². The van der Waals surface area contributed by atoms with Gasteiger partial charge >= 0.3 is 5.97 Å². The van der Waals surface area contributed by atoms with Gasteiger partial charge in [-0.1, -0.05) is 35.2 Å². The Kier molecular flexibility index (Phi) is 5.30. The van der Waals surface area contributed by atoms with Crippen molar-refractivity contribution >= 4 is 12.0 Å². The summed E-state index contributed by atoms with van der Waals surface area (Å²) in [6.07, 6.45) is 1.42. The van der Waals surface area contributed by atoms with Gasteiger partial charge in [0.15, 0.2) is 5.28 Å². The molecule has 0 atom stereocenters. The Labute approximate surface area is 131 Å². The normalized spacial score (nSPS) is 12.0. The third-order valence-corrected chi connectivity index (χ3v) is 2.88. The standard InChI is InChI=1S/C16H14N2O5/c19-16(20)15(10-12-4-2-1-3-5-12)23-14-8-6-13(7-9-14)11-18(22)17-21/h1-10,21H,11H2,(H,19,20). The number of rotatable bonds is 6. The van der Waals surface area contributed by atoms with E-state index in [1.54, 1.807) is 36.4 Å². The molecule has 7 nitrogen and oxygen atoms in total. The lowest BCUT2D eigenvalue weighted by molar-refractivity contribution is -0.570. The van der Waals surface area contributed by atoms with Crippen LogP contribution in [0.5, 0.6) is 5.75 Å². The molecule has 0 spiro atoms. The summed E-state index contributed by atoms with van der Waals surface area (Å²) in [4.78, 5) is 11.4. The van der Waals surface area contributed by atoms with E-state index in [2.05, 4.69) is 5.28 Å². The summed E-state index contributed by atoms with van der Waals surface area (Å²) in [6, 6.07) is 15.1. The van der Waals surface area contributed by atoms with E-state index in [1.807, 2.05) is 6.07 Å². The molecule has 7 heteroatoms. The van der Waals surface area contributed by atoms with Crippen molar-refractivity contribution in [2.45, 2.75) is 6.54 Å². The average molecular weight is 314 g/mol. The molecule has 0 aromatic heterocycles. The number of carboxylic acid groups (broad SMARTS) is 1. The zero-order chi connectivity index (χ0) is 16.7. The first-order chi connectivity index (χ1) is 11.1. The van der Waals surface area contributed by atoms with E-state index >= 15 is 0 Å². The minimum absolute atomic E-state index is 0.119. The molecule has 0 fully saturated rings. The van der Waals surface area contributed by atoms with Crippen LogP contribution < -0.4 is 4.74 Å². The van der Waals surface area contributed by atoms with Crippen LogP contribution in [0.4, 0.5) is 0 Å². The van der Waals surface area contributed by atoms with Gasteiger partial charge in [-0.15, -0.1) is 0 Å². The molecular weight excluding hydrogens is 300 g/mol. The fourth-order valence-corrected chi connectivity index (χ4v) is 1.81. The number of benzene rings is 2. The highest BCUT2D eigenvalue weighted by Crippen LogP contribution is 2.17. The second-order valence-electron chi connectivity index (χ2n) is 4.57. The highest BCUT2D eigenvalue weighted by atomic mass is 16.6. The fraction of sp³-hybridized carbons (Fsp3) is 0.0625. The first-order valence-corrected chi connectivity index (χ1v) is 6.65. The van der Waals surface area contributed by atoms with Crippen molar-refractivity contribution in [2.24, 2.45) is 5.28 Å². The topological polar surface area (TPSA) is 105 Å². The lowest BCUT2D eigenvalue weighted by Gasteiger charge is -2.07. The molecule has 0 heterocycles. The van der Waals surface area contributed by atoms with Gasteiger partial charge in [-0.25, -0.2) is 4.79 Å². The van der Waals surface area contributed by atoms with E-state index in [1.165, 1.54) is 18.2 Å². The highest BCUT2D eigenvalue weighted by Gasteiger charge is 2.11. The van der Waals surface area contributed by atoms with Crippen LogP contribution in [0, 0.1) is 5.21 Å². The maximum absolute atomic E-state index is 11.3. The summed E-state index contributed by atoms with van der Waals surface area (Å²) in [7, 11) is 0. The molecule has 118 valence electrons. The van der Waals surface area contributed by atoms with E-state index in [0.29, 0.717) is 16.9 Å². The van der Waals surface area contributed by atoms with Crippen LogP contribution >= 0.6 is 0 Å². The van der Waals surface area contributed by atoms with E-state index in [0.717, 1.165) is 0 Å². The number of aliphatic carboxylic acids is 1. The Balaban J connectivity index is 2.15. The van der Waals surface area contributed by atoms with Crippen LogP contribution in [0.1, 0.15) is 11.1 Å². The molecule has 23 heavy (non-hydrogen) atoms. The van der Waals surface area contributed by atoms with Crippen molar-refractivity contribution in [3.8, 4) is 5.75 Å². The van der Waals surface area contributed by atoms with Gasteiger partial charge in [-0.2, -0.15) is 0 Å². The fourth-order valence-electron chi connectivity index (χ4n) is 1.81. The Morgan fingerprint density at radius 2 is 1.83 bits per heavy atom. The molecule has 0 saturated carbocycles. The second-order valence-corrected chi connectivity index (χ2v) is 4.57. The summed E-state index contributed by atoms with van der Waals surface area (Å²) < 4.78 is 5.36. The summed E-state index contributed by atoms with van der Waals surface area (Å²) >= 11 is 0. The van der Waals surface area contributed by atoms with Gasteiger partial charge in [0.2, 0.25) is 12.3 Å². The minimum Gasteiger partial charge on any atom is -0.597 e. The maximum atomic E-state index is 11.3. The molecule has 0 amide bonds. The smallest absolute Gasteiger partial charge is 0.371 e. The van der Waals surface area contributed by atoms with Crippen molar-refractivity contribution in [3.05, 3.63) is 76.7 Å². The van der Waals surface area contributed by atoms with Crippen LogP contribution in [-0.4, -0.2) is 21.1 Å². The Morgan fingerprint density at radius 3 is 2.39 bits per heavy atom. The van der Waals surface area contributed by atoms with E-state index in [-0.39, 0.29) is 17.2 Å². The van der Waals surface area contributed by atoms with Crippen molar-refractivity contribution in [1.29, 1.82) is 0 Å². The lowest BCUT2D eigenvalue weighted by atomic mass is 10.2. The van der Waals surface area contributed by atoms with E-state index in [9.17, 15) is 15.1 Å². The zero-order valence-corrected chi connectivity index (χ0v) is 12.0. The number of hydrogen-bond acceptors (Lipinski definition) is 4. The summed E-state index contributed by atoms with van der Waals surface area (Å²) in [5.74, 6) is -1.10. The first-order valence-electron chi connectivity index (χ1n) is 6.65. The number of hydroxylamine groups is 1. The monoisotopic (exact) mass is 314 g/mol. The molecule has 0 saturated heterocycles. The van der Waals surface area contributed by atoms with Crippen LogP contribution in [0.25, 0.3) is 6.08 Å². The molecular formula is C16H14N2O5. The van der Waals surface area contributed by atoms with Crippen molar-refractivity contribution in [1.82, 2.24) is 0 Å². The molecule has 0 radical (unpaired) electrons. The molecule has 2 N–H and O–H groups in total. The number of nitrogens with zero attached hydrogens (tertiary/aromatic N) is 2. The third-order valence-electron chi connectivity index (χ3n) is 2.88. The zero-order valence-electron chi connectivity index (χ0n) is 12.0. The maximum Gasteiger partial charge on any atom is 0.371 e. The number of carbonyl (C=O) groups is 1. The largest absolute Gasteiger partial charge is 0.597 e. The summed E-state index contributed by atoms with van der Waals surface area (Å²) in [5, 5.41) is 30.9. The molecule has 2 aromatic carbocycles. The second kappa shape index (κ2) is 7.60. The highest BCUT2D eigenvalue weighted by molar-refractivity contribution is 5.90. The summed E-state index contributed by atoms with van der Waals surface area (Å²) in [5.41, 5.74) is 1.29. The Bertz CT molecular complexity index is 724. The quantitative estimate of drug-likeness (QED) is 0.280. The number of ether oxygens (including phenoxy) is 1. The molecule has 0 bridgehead atoms. The molecule has 0 unspecified atom stereocenters. The first kappa shape index (κ1) is 16.0. The van der Waals surface area contributed by atoms with E-state index in [4.69, 9.17) is 9.94 Å². The SMILES string of the molecule is O=C(O)C(=Cc1ccccc1)Oc1ccc(C[N+]([O-])=NO)cc1. The minimum atomic E-state index is -1.19. The number of carboxylic acids is 1. The molecule has 0 aliphatic carbocycles. The molecule has 2 rings (SSSR count). The van der Waals surface area contributed by atoms with Gasteiger partial charge in [0.05, 0.1) is 0 Å². The molecule has 0 aliphatic rings. The molecule has 0 aliphatic heterocycles. The van der Waals surface area contributed by atoms with Gasteiger partial charge < -0.3 is 20.3 Å². The predicted molar refractivity (Wildman–Crippen MR) is 80.7 cm³/mol.